The van der Waals surface area contributed by atoms with E-state index < -0.39 is 0 Å². The first-order valence-electron chi connectivity index (χ1n) is 13.6. The van der Waals surface area contributed by atoms with Crippen molar-refractivity contribution in [3.8, 4) is 11.3 Å². The Balaban J connectivity index is 0.000000294. The number of aliphatic hydroxyl groups excluding tert-OH is 1. The summed E-state index contributed by atoms with van der Waals surface area (Å²) in [6.07, 6.45) is 6.64. The van der Waals surface area contributed by atoms with E-state index in [9.17, 15) is 14.3 Å². The average Bonchev–Trinajstić information content (AvgIpc) is 2.89. The quantitative estimate of drug-likeness (QED) is 0.0861. The van der Waals surface area contributed by atoms with E-state index >= 15 is 0 Å². The number of aryl methyl sites for hydroxylation is 2. The van der Waals surface area contributed by atoms with Crippen molar-refractivity contribution in [2.75, 3.05) is 0 Å². The van der Waals surface area contributed by atoms with Gasteiger partial charge in [-0.05, 0) is 59.7 Å². The predicted octanol–water partition coefficient (Wildman–Crippen LogP) is 9.48. The number of hydrogen-bond acceptors (Lipinski definition) is 3. The molecule has 5 heteroatoms. The summed E-state index contributed by atoms with van der Waals surface area (Å²) in [5.41, 5.74) is 4.04. The molecule has 0 aliphatic carbocycles. The van der Waals surface area contributed by atoms with Crippen molar-refractivity contribution in [3.05, 3.63) is 89.6 Å². The zero-order chi connectivity index (χ0) is 27.8. The Morgan fingerprint density at radius 3 is 2.15 bits per heavy atom. The summed E-state index contributed by atoms with van der Waals surface area (Å²) in [5, 5.41) is 13.1. The van der Waals surface area contributed by atoms with Gasteiger partial charge in [0.2, 0.25) is 0 Å². The number of ketones is 1. The number of benzene rings is 3. The number of pyridine rings is 1. The molecule has 4 aromatic rings. The van der Waals surface area contributed by atoms with E-state index in [0.717, 1.165) is 58.7 Å². The van der Waals surface area contributed by atoms with Gasteiger partial charge in [-0.3, -0.25) is 4.79 Å². The smallest absolute Gasteiger partial charge is 0.162 e. The molecule has 1 aromatic heterocycles. The van der Waals surface area contributed by atoms with E-state index in [1.807, 2.05) is 65.0 Å². The van der Waals surface area contributed by atoms with Gasteiger partial charge >= 0.3 is 0 Å². The second kappa shape index (κ2) is 15.1. The Labute approximate surface area is 245 Å². The van der Waals surface area contributed by atoms with E-state index in [1.54, 1.807) is 12.3 Å². The molecular formula is C34H39FIrNO2-. The second-order valence-electron chi connectivity index (χ2n) is 9.91. The number of carbonyl (C=O) groups is 1. The Bertz CT molecular complexity index is 1420. The molecule has 0 atom stereocenters. The molecule has 0 aliphatic rings. The molecule has 3 nitrogen and oxygen atoms in total. The van der Waals surface area contributed by atoms with Gasteiger partial charge in [-0.2, -0.15) is 0 Å². The third-order valence-corrected chi connectivity index (χ3v) is 7.20. The Morgan fingerprint density at radius 1 is 0.949 bits per heavy atom. The number of halogens is 1. The van der Waals surface area contributed by atoms with Crippen molar-refractivity contribution >= 4 is 27.3 Å². The maximum Gasteiger partial charge on any atom is 0.162 e. The van der Waals surface area contributed by atoms with Crippen molar-refractivity contribution in [2.45, 2.75) is 67.2 Å². The molecule has 1 heterocycles. The molecule has 0 bridgehead atoms. The maximum absolute atomic E-state index is 14.4. The Morgan fingerprint density at radius 2 is 1.56 bits per heavy atom. The number of aliphatic hydroxyl groups is 1. The fourth-order valence-corrected chi connectivity index (χ4v) is 5.01. The summed E-state index contributed by atoms with van der Waals surface area (Å²) in [5.74, 6) is 0.348. The average molecular weight is 705 g/mol. The van der Waals surface area contributed by atoms with Gasteiger partial charge in [0.15, 0.2) is 5.78 Å². The molecule has 0 fully saturated rings. The van der Waals surface area contributed by atoms with Crippen molar-refractivity contribution < 1.29 is 34.4 Å². The van der Waals surface area contributed by atoms with Crippen LogP contribution >= 0.6 is 0 Å². The van der Waals surface area contributed by atoms with Crippen molar-refractivity contribution in [1.29, 1.82) is 0 Å². The van der Waals surface area contributed by atoms with Crippen LogP contribution in [0.3, 0.4) is 0 Å². The minimum atomic E-state index is -0.199. The second-order valence-corrected chi connectivity index (χ2v) is 9.91. The Hall–Kier alpha value is -2.88. The van der Waals surface area contributed by atoms with Gasteiger partial charge in [-0.1, -0.05) is 65.8 Å². The molecule has 39 heavy (non-hydrogen) atoms. The fourth-order valence-electron chi connectivity index (χ4n) is 5.01. The zero-order valence-electron chi connectivity index (χ0n) is 23.8. The summed E-state index contributed by atoms with van der Waals surface area (Å²) in [7, 11) is 0. The molecule has 4 rings (SSSR count). The van der Waals surface area contributed by atoms with Crippen molar-refractivity contribution in [3.63, 3.8) is 0 Å². The number of fused-ring (bicyclic) bond motifs is 3. The molecule has 0 spiro atoms. The number of nitrogens with zero attached hydrogens (tertiary/aromatic N) is 1. The monoisotopic (exact) mass is 705 g/mol. The van der Waals surface area contributed by atoms with Crippen LogP contribution in [0.5, 0.6) is 0 Å². The summed E-state index contributed by atoms with van der Waals surface area (Å²) in [6, 6.07) is 18.5. The molecule has 0 saturated heterocycles. The molecule has 0 saturated carbocycles. The van der Waals surface area contributed by atoms with E-state index in [2.05, 4.69) is 30.1 Å². The van der Waals surface area contributed by atoms with Crippen LogP contribution in [0.2, 0.25) is 0 Å². The molecule has 1 N–H and O–H groups in total. The topological polar surface area (TPSA) is 50.2 Å². The van der Waals surface area contributed by atoms with Gasteiger partial charge in [0, 0.05) is 49.6 Å². The zero-order valence-corrected chi connectivity index (χ0v) is 26.2. The summed E-state index contributed by atoms with van der Waals surface area (Å²) in [6.45, 7) is 12.2. The van der Waals surface area contributed by atoms with Crippen LogP contribution < -0.4 is 0 Å². The Kier molecular flexibility index (Phi) is 12.5. The number of carbonyl (C=O) groups excluding carboxylic acids is 1. The van der Waals surface area contributed by atoms with Gasteiger partial charge in [0.05, 0.1) is 5.76 Å². The van der Waals surface area contributed by atoms with Crippen molar-refractivity contribution in [2.24, 2.45) is 11.8 Å². The third kappa shape index (κ3) is 7.83. The minimum absolute atomic E-state index is 0. The largest absolute Gasteiger partial charge is 0.512 e. The van der Waals surface area contributed by atoms with E-state index in [4.69, 9.17) is 0 Å². The first-order valence-corrected chi connectivity index (χ1v) is 13.6. The number of hydrogen-bond donors (Lipinski definition) is 1. The molecule has 1 radical (unpaired) electrons. The normalized spacial score (nSPS) is 11.5. The van der Waals surface area contributed by atoms with Crippen LogP contribution in [0.25, 0.3) is 32.8 Å². The third-order valence-electron chi connectivity index (χ3n) is 7.20. The molecular weight excluding hydrogens is 666 g/mol. The van der Waals surface area contributed by atoms with Gasteiger partial charge in [0.25, 0.3) is 0 Å². The molecule has 209 valence electrons. The van der Waals surface area contributed by atoms with Crippen LogP contribution in [0, 0.1) is 37.6 Å². The van der Waals surface area contributed by atoms with E-state index in [0.29, 0.717) is 5.39 Å². The molecule has 0 unspecified atom stereocenters. The SMILES string of the molecule is CCC(CC)C(=O)/C=C(\O)C(CC)CC.Cc1[c-]c(-c2nccc3cc(F)c4ccccc4c23)cc(C)c1.[Ir]. The van der Waals surface area contributed by atoms with Crippen LogP contribution in [0.4, 0.5) is 4.39 Å². The van der Waals surface area contributed by atoms with Crippen LogP contribution in [0.15, 0.2) is 66.6 Å². The first-order chi connectivity index (χ1) is 18.2. The number of aromatic nitrogens is 1. The van der Waals surface area contributed by atoms with Gasteiger partial charge in [-0.15, -0.1) is 34.9 Å². The van der Waals surface area contributed by atoms with Crippen molar-refractivity contribution in [1.82, 2.24) is 4.98 Å². The minimum Gasteiger partial charge on any atom is -0.512 e. The standard InChI is InChI=1S/C21H15FN.C13H24O2.Ir/c1-13-9-14(2)11-16(10-13)21-20-15(7-8-23-21)12-19(22)17-5-3-4-6-18(17)20;1-5-10(6-2)12(14)9-13(15)11(7-3)8-4;/h3-10,12H,1-2H3;9-11,14H,5-8H2,1-4H3;/q-1;;/b;12-9-;. The van der Waals surface area contributed by atoms with E-state index in [1.165, 1.54) is 11.6 Å². The number of allylic oxidation sites excluding steroid dienone is 2. The van der Waals surface area contributed by atoms with Gasteiger partial charge < -0.3 is 10.1 Å². The summed E-state index contributed by atoms with van der Waals surface area (Å²) in [4.78, 5) is 16.3. The first kappa shape index (κ1) is 32.3. The summed E-state index contributed by atoms with van der Waals surface area (Å²) >= 11 is 0. The van der Waals surface area contributed by atoms with Crippen LogP contribution in [-0.4, -0.2) is 15.9 Å². The van der Waals surface area contributed by atoms with Crippen LogP contribution in [-0.2, 0) is 24.9 Å². The molecule has 0 aliphatic heterocycles. The number of rotatable bonds is 8. The summed E-state index contributed by atoms with van der Waals surface area (Å²) < 4.78 is 14.4. The van der Waals surface area contributed by atoms with Gasteiger partial charge in [0.1, 0.15) is 5.82 Å². The fraction of sp³-hybridized carbons (Fsp3) is 0.353. The van der Waals surface area contributed by atoms with Gasteiger partial charge in [-0.25, -0.2) is 4.39 Å². The molecule has 0 amide bonds. The van der Waals surface area contributed by atoms with E-state index in [-0.39, 0.29) is 49.3 Å². The molecule has 3 aromatic carbocycles. The van der Waals surface area contributed by atoms with Crippen LogP contribution in [0.1, 0.15) is 64.5 Å². The predicted molar refractivity (Wildman–Crippen MR) is 157 cm³/mol. The maximum atomic E-state index is 14.4.